The summed E-state index contributed by atoms with van der Waals surface area (Å²) in [5.74, 6) is 2.53. The molecule has 2 aromatic heterocycles. The third kappa shape index (κ3) is 5.70. The van der Waals surface area contributed by atoms with Crippen molar-refractivity contribution in [2.45, 2.75) is 32.1 Å². The SMILES string of the molecule is CCNC(=NCCCCNc1ccccn1)N1CCC(c2cnn(C)c2)C1. The van der Waals surface area contributed by atoms with E-state index in [0.29, 0.717) is 5.92 Å². The minimum absolute atomic E-state index is 0.546. The molecule has 3 rings (SSSR count). The number of rotatable bonds is 8. The second-order valence-electron chi connectivity index (χ2n) is 6.96. The van der Waals surface area contributed by atoms with Gasteiger partial charge in [0.05, 0.1) is 6.20 Å². The zero-order valence-electron chi connectivity index (χ0n) is 16.4. The Morgan fingerprint density at radius 1 is 1.33 bits per heavy atom. The first-order valence-electron chi connectivity index (χ1n) is 9.93. The van der Waals surface area contributed by atoms with Crippen LogP contribution >= 0.6 is 0 Å². The summed E-state index contributed by atoms with van der Waals surface area (Å²) in [5.41, 5.74) is 1.33. The van der Waals surface area contributed by atoms with Crippen LogP contribution in [0.2, 0.25) is 0 Å². The maximum atomic E-state index is 4.84. The second kappa shape index (κ2) is 9.94. The number of guanidine groups is 1. The summed E-state index contributed by atoms with van der Waals surface area (Å²) in [4.78, 5) is 11.5. The molecule has 0 radical (unpaired) electrons. The van der Waals surface area contributed by atoms with Gasteiger partial charge >= 0.3 is 0 Å². The zero-order valence-corrected chi connectivity index (χ0v) is 16.4. The predicted molar refractivity (Wildman–Crippen MR) is 110 cm³/mol. The van der Waals surface area contributed by atoms with Gasteiger partial charge in [-0.1, -0.05) is 6.07 Å². The number of aromatic nitrogens is 3. The molecule has 2 N–H and O–H groups in total. The van der Waals surface area contributed by atoms with Crippen molar-refractivity contribution in [3.8, 4) is 0 Å². The van der Waals surface area contributed by atoms with Crippen LogP contribution in [0.1, 0.15) is 37.7 Å². The van der Waals surface area contributed by atoms with Gasteiger partial charge in [0.1, 0.15) is 5.82 Å². The largest absolute Gasteiger partial charge is 0.370 e. The van der Waals surface area contributed by atoms with Gasteiger partial charge in [0.2, 0.25) is 0 Å². The fourth-order valence-electron chi connectivity index (χ4n) is 3.41. The Morgan fingerprint density at radius 2 is 2.26 bits per heavy atom. The molecule has 27 heavy (non-hydrogen) atoms. The predicted octanol–water partition coefficient (Wildman–Crippen LogP) is 2.46. The summed E-state index contributed by atoms with van der Waals surface area (Å²) in [7, 11) is 1.98. The van der Waals surface area contributed by atoms with E-state index in [-0.39, 0.29) is 0 Å². The molecule has 1 aliphatic heterocycles. The van der Waals surface area contributed by atoms with Gasteiger partial charge in [0.15, 0.2) is 5.96 Å². The number of aliphatic imine (C=N–C) groups is 1. The molecule has 1 saturated heterocycles. The van der Waals surface area contributed by atoms with Crippen LogP contribution in [0.5, 0.6) is 0 Å². The van der Waals surface area contributed by atoms with Crippen molar-refractivity contribution >= 4 is 11.8 Å². The molecule has 7 nitrogen and oxygen atoms in total. The lowest BCUT2D eigenvalue weighted by atomic mass is 10.0. The number of nitrogens with zero attached hydrogens (tertiary/aromatic N) is 5. The number of pyridine rings is 1. The summed E-state index contributed by atoms with van der Waals surface area (Å²) in [5, 5.41) is 11.1. The van der Waals surface area contributed by atoms with Gasteiger partial charge in [0, 0.05) is 58.1 Å². The lowest BCUT2D eigenvalue weighted by molar-refractivity contribution is 0.485. The molecule has 0 amide bonds. The minimum Gasteiger partial charge on any atom is -0.370 e. The average molecular weight is 370 g/mol. The molecule has 0 aliphatic carbocycles. The fraction of sp³-hybridized carbons (Fsp3) is 0.550. The molecule has 3 heterocycles. The molecule has 0 saturated carbocycles. The first-order valence-corrected chi connectivity index (χ1v) is 9.93. The Kier molecular flexibility index (Phi) is 7.07. The van der Waals surface area contributed by atoms with Crippen molar-refractivity contribution in [2.24, 2.45) is 12.0 Å². The topological polar surface area (TPSA) is 70.4 Å². The normalized spacial score (nSPS) is 17.3. The summed E-state index contributed by atoms with van der Waals surface area (Å²) in [6.45, 7) is 6.86. The second-order valence-corrected chi connectivity index (χ2v) is 6.96. The van der Waals surface area contributed by atoms with Crippen molar-refractivity contribution in [1.29, 1.82) is 0 Å². The van der Waals surface area contributed by atoms with Gasteiger partial charge in [0.25, 0.3) is 0 Å². The molecule has 2 aromatic rings. The first-order chi connectivity index (χ1) is 13.3. The third-order valence-electron chi connectivity index (χ3n) is 4.84. The van der Waals surface area contributed by atoms with Crippen LogP contribution in [0.25, 0.3) is 0 Å². The highest BCUT2D eigenvalue weighted by molar-refractivity contribution is 5.80. The maximum Gasteiger partial charge on any atom is 0.193 e. The van der Waals surface area contributed by atoms with E-state index in [4.69, 9.17) is 4.99 Å². The lowest BCUT2D eigenvalue weighted by Crippen LogP contribution is -2.40. The molecular weight excluding hydrogens is 338 g/mol. The number of nitrogens with one attached hydrogen (secondary N) is 2. The summed E-state index contributed by atoms with van der Waals surface area (Å²) >= 11 is 0. The highest BCUT2D eigenvalue weighted by Crippen LogP contribution is 2.26. The van der Waals surface area contributed by atoms with E-state index in [1.165, 1.54) is 5.56 Å². The van der Waals surface area contributed by atoms with Crippen LogP contribution in [0, 0.1) is 0 Å². The zero-order chi connectivity index (χ0) is 18.9. The molecule has 1 atom stereocenters. The lowest BCUT2D eigenvalue weighted by Gasteiger charge is -2.21. The van der Waals surface area contributed by atoms with Crippen LogP contribution < -0.4 is 10.6 Å². The number of likely N-dealkylation sites (tertiary alicyclic amines) is 1. The first kappa shape index (κ1) is 19.2. The third-order valence-corrected chi connectivity index (χ3v) is 4.84. The average Bonchev–Trinajstić information content (AvgIpc) is 3.33. The smallest absolute Gasteiger partial charge is 0.193 e. The fourth-order valence-corrected chi connectivity index (χ4v) is 3.41. The molecule has 146 valence electrons. The van der Waals surface area contributed by atoms with Gasteiger partial charge in [-0.2, -0.15) is 5.10 Å². The van der Waals surface area contributed by atoms with E-state index >= 15 is 0 Å². The van der Waals surface area contributed by atoms with Crippen LogP contribution in [-0.4, -0.2) is 58.3 Å². The van der Waals surface area contributed by atoms with Gasteiger partial charge < -0.3 is 15.5 Å². The minimum atomic E-state index is 0.546. The molecule has 7 heteroatoms. The van der Waals surface area contributed by atoms with Crippen molar-refractivity contribution in [3.63, 3.8) is 0 Å². The standard InChI is InChI=1S/C20H31N7/c1-3-21-20(24-12-7-6-11-23-19-8-4-5-10-22-19)27-13-9-17(16-27)18-14-25-26(2)15-18/h4-5,8,10,14-15,17H,3,6-7,9,11-13,16H2,1-2H3,(H,21,24)(H,22,23). The number of hydrogen-bond donors (Lipinski definition) is 2. The Bertz CT molecular complexity index is 710. The van der Waals surface area contributed by atoms with Crippen LogP contribution in [-0.2, 0) is 7.05 Å². The van der Waals surface area contributed by atoms with Gasteiger partial charge in [-0.25, -0.2) is 4.98 Å². The quantitative estimate of drug-likeness (QED) is 0.425. The van der Waals surface area contributed by atoms with Gasteiger partial charge in [-0.05, 0) is 43.9 Å². The van der Waals surface area contributed by atoms with Gasteiger partial charge in [-0.15, -0.1) is 0 Å². The Morgan fingerprint density at radius 3 is 3.00 bits per heavy atom. The maximum absolute atomic E-state index is 4.84. The molecule has 1 fully saturated rings. The van der Waals surface area contributed by atoms with Crippen molar-refractivity contribution in [1.82, 2.24) is 25.0 Å². The number of aryl methyl sites for hydroxylation is 1. The van der Waals surface area contributed by atoms with Crippen molar-refractivity contribution in [2.75, 3.05) is 38.0 Å². The van der Waals surface area contributed by atoms with Crippen LogP contribution in [0.4, 0.5) is 5.82 Å². The summed E-state index contributed by atoms with van der Waals surface area (Å²) in [6, 6.07) is 5.92. The van der Waals surface area contributed by atoms with E-state index < -0.39 is 0 Å². The highest BCUT2D eigenvalue weighted by atomic mass is 15.3. The van der Waals surface area contributed by atoms with Gasteiger partial charge in [-0.3, -0.25) is 9.67 Å². The molecule has 0 bridgehead atoms. The Balaban J connectivity index is 1.42. The molecular formula is C20H31N7. The van der Waals surface area contributed by atoms with E-state index in [1.807, 2.05) is 42.3 Å². The van der Waals surface area contributed by atoms with Crippen LogP contribution in [0.15, 0.2) is 41.8 Å². The van der Waals surface area contributed by atoms with E-state index in [9.17, 15) is 0 Å². The Hall–Kier alpha value is -2.57. The molecule has 0 spiro atoms. The monoisotopic (exact) mass is 369 g/mol. The molecule has 0 aromatic carbocycles. The van der Waals surface area contributed by atoms with E-state index in [2.05, 4.69) is 38.7 Å². The van der Waals surface area contributed by atoms with Crippen molar-refractivity contribution < 1.29 is 0 Å². The van der Waals surface area contributed by atoms with E-state index in [0.717, 1.165) is 63.8 Å². The Labute approximate surface area is 161 Å². The molecule has 1 aliphatic rings. The number of unbranched alkanes of at least 4 members (excludes halogenated alkanes) is 1. The van der Waals surface area contributed by atoms with Crippen LogP contribution in [0.3, 0.4) is 0 Å². The highest BCUT2D eigenvalue weighted by Gasteiger charge is 2.26. The van der Waals surface area contributed by atoms with E-state index in [1.54, 1.807) is 0 Å². The summed E-state index contributed by atoms with van der Waals surface area (Å²) in [6.07, 6.45) is 9.24. The number of anilines is 1. The summed E-state index contributed by atoms with van der Waals surface area (Å²) < 4.78 is 1.89. The molecule has 1 unspecified atom stereocenters. The number of hydrogen-bond acceptors (Lipinski definition) is 4. The van der Waals surface area contributed by atoms with Crippen molar-refractivity contribution in [3.05, 3.63) is 42.4 Å².